The number of hydrogen-bond acceptors (Lipinski definition) is 16. The first-order valence-electron chi connectivity index (χ1n) is 16.0. The molecule has 17 nitrogen and oxygen atoms in total. The largest absolute Gasteiger partial charge is 0.467 e. The quantitative estimate of drug-likeness (QED) is 0.0300. The fourth-order valence-corrected chi connectivity index (χ4v) is 5.98. The smallest absolute Gasteiger partial charge is 0.338 e. The minimum atomic E-state index is -1.64. The molecule has 2 aromatic carbocycles. The van der Waals surface area contributed by atoms with Gasteiger partial charge in [-0.15, -0.1) is 0 Å². The van der Waals surface area contributed by atoms with Crippen LogP contribution in [0.4, 0.5) is 0 Å². The number of carbonyl (C=O) groups excluding carboxylic acids is 3. The van der Waals surface area contributed by atoms with Crippen molar-refractivity contribution in [2.24, 2.45) is 5.11 Å². The summed E-state index contributed by atoms with van der Waals surface area (Å²) in [7, 11) is 6.83. The van der Waals surface area contributed by atoms with E-state index in [0.717, 1.165) is 19.6 Å². The van der Waals surface area contributed by atoms with E-state index in [1.807, 2.05) is 36.4 Å². The van der Waals surface area contributed by atoms with Crippen LogP contribution in [-0.4, -0.2) is 106 Å². The molecule has 2 fully saturated rings. The second-order valence-electron chi connectivity index (χ2n) is 11.5. The van der Waals surface area contributed by atoms with Crippen LogP contribution in [0.25, 0.3) is 10.4 Å². The molecule has 0 aromatic heterocycles. The molecule has 2 radical (unpaired) electrons. The molecule has 2 heterocycles. The summed E-state index contributed by atoms with van der Waals surface area (Å²) in [5.41, 5.74) is 11.2. The molecule has 0 amide bonds. The number of nitrogens with one attached hydrogen (secondary N) is 1. The molecule has 2 aromatic rings. The van der Waals surface area contributed by atoms with E-state index in [1.54, 1.807) is 24.3 Å². The molecule has 278 valence electrons. The minimum absolute atomic E-state index is 0.0156. The van der Waals surface area contributed by atoms with Gasteiger partial charge in [-0.1, -0.05) is 77.7 Å². The highest BCUT2D eigenvalue weighted by atomic mass is 32.2. The Morgan fingerprint density at radius 2 is 1.46 bits per heavy atom. The highest BCUT2D eigenvalue weighted by molar-refractivity contribution is 8.15. The number of nitrogens with zero attached hydrogens (tertiary/aromatic N) is 3. The van der Waals surface area contributed by atoms with Gasteiger partial charge in [0.05, 0.1) is 20.3 Å². The van der Waals surface area contributed by atoms with Crippen molar-refractivity contribution in [3.05, 3.63) is 82.2 Å². The standard InChI is InChI=1S/C33H39BN4O13S/c1-18(35)46-33-30(47-20(3)40)27(45-16-22-13-9-6-10-14-22)28(29(50-33)31(41)42-4)49-32-24(37-38-36)26(44-15-21-11-7-5-8-12-21)25(51-52-34)23(48-32)17-43-19(2)39/h5-14,23-30,32-33,35H,15-17H2,1-4H3. The first-order chi connectivity index (χ1) is 25.1. The normalized spacial score (nSPS) is 28.5. The zero-order chi connectivity index (χ0) is 37.6. The van der Waals surface area contributed by atoms with Crippen molar-refractivity contribution in [3.8, 4) is 0 Å². The summed E-state index contributed by atoms with van der Waals surface area (Å²) in [5.74, 6) is -2.65. The van der Waals surface area contributed by atoms with E-state index < -0.39 is 79.3 Å². The van der Waals surface area contributed by atoms with E-state index >= 15 is 0 Å². The summed E-state index contributed by atoms with van der Waals surface area (Å²) in [6, 6.07) is 16.7. The number of methoxy groups -OCH3 is 1. The Bertz CT molecular complexity index is 1540. The number of esters is 3. The molecule has 0 saturated carbocycles. The van der Waals surface area contributed by atoms with Gasteiger partial charge in [-0.2, -0.15) is 0 Å². The lowest BCUT2D eigenvalue weighted by Crippen LogP contribution is -2.66. The Morgan fingerprint density at radius 1 is 0.846 bits per heavy atom. The molecule has 4 rings (SSSR count). The van der Waals surface area contributed by atoms with Gasteiger partial charge in [0.15, 0.2) is 24.4 Å². The van der Waals surface area contributed by atoms with Crippen molar-refractivity contribution in [1.82, 2.24) is 0 Å². The first-order valence-corrected chi connectivity index (χ1v) is 16.8. The van der Waals surface area contributed by atoms with Gasteiger partial charge >= 0.3 is 17.9 Å². The summed E-state index contributed by atoms with van der Waals surface area (Å²) in [6.45, 7) is 3.25. The average molecular weight is 743 g/mol. The summed E-state index contributed by atoms with van der Waals surface area (Å²) in [5, 5.41) is 11.9. The molecule has 52 heavy (non-hydrogen) atoms. The van der Waals surface area contributed by atoms with E-state index in [1.165, 1.54) is 13.8 Å². The van der Waals surface area contributed by atoms with Gasteiger partial charge in [0.2, 0.25) is 13.4 Å². The molecule has 10 unspecified atom stereocenters. The third-order valence-electron chi connectivity index (χ3n) is 7.80. The topological polar surface area (TPSA) is 216 Å². The van der Waals surface area contributed by atoms with Crippen molar-refractivity contribution in [2.45, 2.75) is 95.3 Å². The summed E-state index contributed by atoms with van der Waals surface area (Å²) < 4.78 is 58.6. The average Bonchev–Trinajstić information content (AvgIpc) is 3.12. The third kappa shape index (κ3) is 11.2. The number of carbonyl (C=O) groups is 3. The van der Waals surface area contributed by atoms with E-state index in [9.17, 15) is 19.9 Å². The van der Waals surface area contributed by atoms with Crippen molar-refractivity contribution >= 4 is 42.8 Å². The molecule has 0 bridgehead atoms. The van der Waals surface area contributed by atoms with E-state index in [0.29, 0.717) is 17.5 Å². The number of hydrogen-bond donors (Lipinski definition) is 1. The molecule has 2 aliphatic heterocycles. The SMILES string of the molecule is [B]SOC1C(COC(C)=O)OC(OC2C(C(=O)OC)OC(OC(C)=N)C(OC(C)=O)C2OCc2ccccc2)C(N=[N+]=[N-])C1OCc1ccccc1. The molecule has 2 aliphatic rings. The first kappa shape index (κ1) is 40.6. The third-order valence-corrected chi connectivity index (χ3v) is 8.14. The second-order valence-corrected chi connectivity index (χ2v) is 11.9. The Morgan fingerprint density at radius 3 is 1.98 bits per heavy atom. The Labute approximate surface area is 305 Å². The van der Waals surface area contributed by atoms with Crippen LogP contribution >= 0.6 is 11.9 Å². The van der Waals surface area contributed by atoms with Gasteiger partial charge in [0.25, 0.3) is 0 Å². The Hall–Kier alpha value is -4.20. The molecule has 0 aliphatic carbocycles. The van der Waals surface area contributed by atoms with Crippen LogP contribution in [0.5, 0.6) is 0 Å². The molecule has 0 spiro atoms. The van der Waals surface area contributed by atoms with Gasteiger partial charge in [0, 0.05) is 25.7 Å². The summed E-state index contributed by atoms with van der Waals surface area (Å²) in [6.07, 6.45) is -12.4. The lowest BCUT2D eigenvalue weighted by atomic mass is 9.95. The number of azide groups is 1. The summed E-state index contributed by atoms with van der Waals surface area (Å²) >= 11 is 0.495. The van der Waals surface area contributed by atoms with Gasteiger partial charge in [-0.3, -0.25) is 15.0 Å². The number of benzene rings is 2. The fourth-order valence-electron chi connectivity index (χ4n) is 5.62. The Balaban J connectivity index is 1.80. The number of ether oxygens (including phenoxy) is 9. The summed E-state index contributed by atoms with van der Waals surface area (Å²) in [4.78, 5) is 40.7. The highest BCUT2D eigenvalue weighted by Gasteiger charge is 2.57. The zero-order valence-corrected chi connectivity index (χ0v) is 29.6. The van der Waals surface area contributed by atoms with Gasteiger partial charge < -0.3 is 46.8 Å². The highest BCUT2D eigenvalue weighted by Crippen LogP contribution is 2.36. The fraction of sp³-hybridized carbons (Fsp3) is 0.515. The van der Waals surface area contributed by atoms with Crippen molar-refractivity contribution in [1.29, 1.82) is 5.41 Å². The number of rotatable bonds is 16. The maximum Gasteiger partial charge on any atom is 0.338 e. The van der Waals surface area contributed by atoms with E-state index in [2.05, 4.69) is 10.0 Å². The van der Waals surface area contributed by atoms with Gasteiger partial charge in [-0.05, 0) is 16.7 Å². The Kier molecular flexibility index (Phi) is 15.7. The van der Waals surface area contributed by atoms with Crippen LogP contribution in [0.1, 0.15) is 31.9 Å². The maximum atomic E-state index is 13.4. The van der Waals surface area contributed by atoms with Crippen LogP contribution in [0.2, 0.25) is 0 Å². The van der Waals surface area contributed by atoms with Crippen LogP contribution in [-0.2, 0) is 74.4 Å². The maximum absolute atomic E-state index is 13.4. The molecular weight excluding hydrogens is 703 g/mol. The molecule has 2 saturated heterocycles. The van der Waals surface area contributed by atoms with Crippen molar-refractivity contribution < 1.29 is 61.2 Å². The van der Waals surface area contributed by atoms with Crippen LogP contribution in [0.15, 0.2) is 65.8 Å². The van der Waals surface area contributed by atoms with Gasteiger partial charge in [0.1, 0.15) is 43.2 Å². The molecule has 10 atom stereocenters. The minimum Gasteiger partial charge on any atom is -0.467 e. The molecule has 19 heteroatoms. The van der Waals surface area contributed by atoms with E-state index in [4.69, 9.17) is 59.3 Å². The van der Waals surface area contributed by atoms with Crippen molar-refractivity contribution in [3.63, 3.8) is 0 Å². The van der Waals surface area contributed by atoms with Crippen LogP contribution in [0.3, 0.4) is 0 Å². The lowest BCUT2D eigenvalue weighted by molar-refractivity contribution is -0.338. The van der Waals surface area contributed by atoms with Crippen molar-refractivity contribution in [2.75, 3.05) is 13.7 Å². The predicted molar refractivity (Wildman–Crippen MR) is 182 cm³/mol. The second kappa shape index (κ2) is 20.2. The predicted octanol–water partition coefficient (Wildman–Crippen LogP) is 3.47. The van der Waals surface area contributed by atoms with Crippen LogP contribution < -0.4 is 0 Å². The monoisotopic (exact) mass is 742 g/mol. The molecular formula is C33H39BN4O13S. The van der Waals surface area contributed by atoms with E-state index in [-0.39, 0.29) is 25.7 Å². The zero-order valence-electron chi connectivity index (χ0n) is 28.8. The molecule has 1 N–H and O–H groups in total. The van der Waals surface area contributed by atoms with Gasteiger partial charge in [-0.25, -0.2) is 4.79 Å². The van der Waals surface area contributed by atoms with Crippen LogP contribution in [0, 0.1) is 5.41 Å². The lowest BCUT2D eigenvalue weighted by Gasteiger charge is -2.48.